The van der Waals surface area contributed by atoms with Crippen LogP contribution in [0.1, 0.15) is 156 Å². The third kappa shape index (κ3) is 44.7. The fraction of sp³-hybridized carbons (Fsp3) is 0.702. The van der Waals surface area contributed by atoms with E-state index in [1.165, 1.54) is 57.8 Å². The van der Waals surface area contributed by atoms with Gasteiger partial charge < -0.3 is 39.5 Å². The quantitative estimate of drug-likeness (QED) is 0.0110. The number of aliphatic hydroxyl groups excluding tert-OH is 3. The topological polar surface area (TPSA) is 236 Å². The first kappa shape index (κ1) is 61.5. The lowest BCUT2D eigenvalue weighted by atomic mass is 10.0. The van der Waals surface area contributed by atoms with Crippen molar-refractivity contribution in [3.8, 4) is 0 Å². The van der Waals surface area contributed by atoms with Crippen LogP contribution in [0.3, 0.4) is 0 Å². The van der Waals surface area contributed by atoms with Crippen LogP contribution in [0.15, 0.2) is 72.9 Å². The number of ether oxygens (including phenoxy) is 2. The molecule has 0 amide bonds. The lowest BCUT2D eigenvalue weighted by molar-refractivity contribution is -0.161. The van der Waals surface area contributed by atoms with Gasteiger partial charge in [-0.1, -0.05) is 177 Å². The van der Waals surface area contributed by atoms with Gasteiger partial charge in [-0.3, -0.25) is 23.2 Å². The average Bonchev–Trinajstić information content (AvgIpc) is 3.23. The van der Waals surface area contributed by atoms with Crippen LogP contribution in [-0.4, -0.2) is 92.8 Å². The van der Waals surface area contributed by atoms with Crippen molar-refractivity contribution in [3.05, 3.63) is 72.9 Å². The van der Waals surface area contributed by atoms with Gasteiger partial charge in [0.15, 0.2) is 6.10 Å². The van der Waals surface area contributed by atoms with Crippen molar-refractivity contribution in [1.29, 1.82) is 0 Å². The number of rotatable bonds is 42. The number of aliphatic hydroxyl groups is 3. The molecule has 1 unspecified atom stereocenters. The van der Waals surface area contributed by atoms with Crippen LogP contribution >= 0.6 is 15.6 Å². The average molecular weight is 949 g/mol. The second-order valence-corrected chi connectivity index (χ2v) is 18.9. The second kappa shape index (κ2) is 40.7. The van der Waals surface area contributed by atoms with Gasteiger partial charge in [-0.15, -0.1) is 0 Å². The minimum atomic E-state index is -4.89. The monoisotopic (exact) mass is 949 g/mol. The van der Waals surface area contributed by atoms with Crippen LogP contribution in [0.25, 0.3) is 0 Å². The maximum atomic E-state index is 12.7. The number of hydrogen-bond acceptors (Lipinski definition) is 12. The number of hydrogen-bond donors (Lipinski definition) is 6. The van der Waals surface area contributed by atoms with Crippen molar-refractivity contribution in [3.63, 3.8) is 0 Å². The summed E-state index contributed by atoms with van der Waals surface area (Å²) in [7, 11) is -9.75. The summed E-state index contributed by atoms with van der Waals surface area (Å²) in [5.74, 6) is -0.428. The molecular formula is C47H82O15P2. The number of phosphoric acid groups is 2. The summed E-state index contributed by atoms with van der Waals surface area (Å²) < 4.78 is 47.7. The van der Waals surface area contributed by atoms with Crippen LogP contribution < -0.4 is 0 Å². The molecule has 0 aliphatic carbocycles. The maximum Gasteiger partial charge on any atom is 0.472 e. The fourth-order valence-electron chi connectivity index (χ4n) is 5.92. The molecule has 0 saturated heterocycles. The molecule has 0 saturated carbocycles. The molecule has 0 spiro atoms. The molecule has 0 aromatic carbocycles. The first-order valence-electron chi connectivity index (χ1n) is 23.2. The number of allylic oxidation sites excluding steroid dienone is 8. The van der Waals surface area contributed by atoms with Crippen LogP contribution in [0.4, 0.5) is 0 Å². The number of carbonyl (C=O) groups excluding carboxylic acids is 2. The molecule has 17 heteroatoms. The Kier molecular flexibility index (Phi) is 39.1. The van der Waals surface area contributed by atoms with Crippen molar-refractivity contribution in [2.75, 3.05) is 26.4 Å². The van der Waals surface area contributed by atoms with E-state index >= 15 is 0 Å². The molecule has 0 fully saturated rings. The molecule has 0 radical (unpaired) electrons. The van der Waals surface area contributed by atoms with Gasteiger partial charge in [0, 0.05) is 12.8 Å². The van der Waals surface area contributed by atoms with E-state index in [1.807, 2.05) is 49.5 Å². The zero-order valence-electron chi connectivity index (χ0n) is 38.7. The van der Waals surface area contributed by atoms with Gasteiger partial charge in [0.2, 0.25) is 0 Å². The van der Waals surface area contributed by atoms with Gasteiger partial charge in [-0.05, 0) is 44.4 Å². The van der Waals surface area contributed by atoms with Crippen molar-refractivity contribution in [1.82, 2.24) is 0 Å². The number of carbonyl (C=O) groups is 2. The summed E-state index contributed by atoms with van der Waals surface area (Å²) in [4.78, 5) is 52.8. The summed E-state index contributed by atoms with van der Waals surface area (Å²) >= 11 is 0. The van der Waals surface area contributed by atoms with Crippen molar-refractivity contribution in [2.24, 2.45) is 5.92 Å². The molecule has 5 atom stereocenters. The van der Waals surface area contributed by atoms with E-state index < -0.39 is 78.4 Å². The lowest BCUT2D eigenvalue weighted by Gasteiger charge is -2.20. The highest BCUT2D eigenvalue weighted by Gasteiger charge is 2.28. The number of unbranched alkanes of at least 4 members (excludes halogenated alkanes) is 13. The summed E-state index contributed by atoms with van der Waals surface area (Å²) in [5.41, 5.74) is 0. The predicted molar refractivity (Wildman–Crippen MR) is 251 cm³/mol. The molecule has 370 valence electrons. The lowest BCUT2D eigenvalue weighted by Crippen LogP contribution is -2.30. The Morgan fingerprint density at radius 3 is 1.72 bits per heavy atom. The van der Waals surface area contributed by atoms with Crippen molar-refractivity contribution in [2.45, 2.75) is 180 Å². The van der Waals surface area contributed by atoms with Gasteiger partial charge in [0.1, 0.15) is 12.7 Å². The Hall–Kier alpha value is -2.52. The summed E-state index contributed by atoms with van der Waals surface area (Å²) in [5, 5.41) is 29.8. The number of esters is 2. The Morgan fingerprint density at radius 2 is 1.12 bits per heavy atom. The standard InChI is InChI=1S/C47H82O15P2/c1-4-5-23-31-42(48)32-25-19-15-13-16-20-26-33-43(49)34-27-22-29-35-46(51)58-39-45(40-61-64(56,57)60-38-44(50)37-59-63(53,54)55)62-47(52)36-28-21-17-12-10-8-6-7-9-11-14-18-24-30-41(2)3/h5,15-16,19-20,23,25-27,32-34,41-45,48-50H,4,6-14,17-18,21-22,24,28-31,35-40H2,1-3H3,(H,56,57)(H2,53,54,55)/b19-15-,20-16-,23-5-,32-25+,33-26+,34-27-/t42-,43-,44+,45-/m1/s1. The van der Waals surface area contributed by atoms with Crippen LogP contribution in [0.5, 0.6) is 0 Å². The minimum Gasteiger partial charge on any atom is -0.462 e. The molecule has 6 N–H and O–H groups in total. The molecule has 0 bridgehead atoms. The van der Waals surface area contributed by atoms with Gasteiger partial charge >= 0.3 is 27.6 Å². The van der Waals surface area contributed by atoms with E-state index in [1.54, 1.807) is 30.4 Å². The Balaban J connectivity index is 4.71. The molecule has 0 rings (SSSR count). The van der Waals surface area contributed by atoms with Gasteiger partial charge in [-0.25, -0.2) is 9.13 Å². The predicted octanol–water partition coefficient (Wildman–Crippen LogP) is 9.97. The SMILES string of the molecule is CC/C=C\C[C@@H](O)/C=C/C=C\C/C=C\C=C\[C@@H](O)/C=C\CCCC(=O)OC[C@H](COP(=O)(O)OC[C@@H](O)COP(=O)(O)O)OC(=O)CCCCCCCCCCCCCCCC(C)C. The summed E-state index contributed by atoms with van der Waals surface area (Å²) in [6.45, 7) is 3.67. The molecule has 0 aliphatic rings. The van der Waals surface area contributed by atoms with E-state index in [4.69, 9.17) is 23.8 Å². The van der Waals surface area contributed by atoms with E-state index in [2.05, 4.69) is 22.9 Å². The third-order valence-electron chi connectivity index (χ3n) is 9.45. The smallest absolute Gasteiger partial charge is 0.462 e. The Bertz CT molecular complexity index is 1450. The molecule has 0 heterocycles. The fourth-order valence-corrected chi connectivity index (χ4v) is 7.08. The van der Waals surface area contributed by atoms with Crippen LogP contribution in [0.2, 0.25) is 0 Å². The molecule has 0 aromatic heterocycles. The highest BCUT2D eigenvalue weighted by molar-refractivity contribution is 7.47. The third-order valence-corrected chi connectivity index (χ3v) is 10.9. The summed E-state index contributed by atoms with van der Waals surface area (Å²) in [6.07, 6.45) is 36.9. The summed E-state index contributed by atoms with van der Waals surface area (Å²) in [6, 6.07) is 0. The largest absolute Gasteiger partial charge is 0.472 e. The van der Waals surface area contributed by atoms with Crippen LogP contribution in [0, 0.1) is 5.92 Å². The van der Waals surface area contributed by atoms with E-state index in [0.29, 0.717) is 32.1 Å². The Morgan fingerprint density at radius 1 is 0.578 bits per heavy atom. The first-order chi connectivity index (χ1) is 30.5. The van der Waals surface area contributed by atoms with Gasteiger partial charge in [0.25, 0.3) is 0 Å². The normalized spacial score (nSPS) is 15.7. The zero-order chi connectivity index (χ0) is 47.7. The maximum absolute atomic E-state index is 12.7. The molecule has 15 nitrogen and oxygen atoms in total. The Labute approximate surface area is 383 Å². The zero-order valence-corrected chi connectivity index (χ0v) is 40.5. The van der Waals surface area contributed by atoms with Crippen LogP contribution in [-0.2, 0) is 41.8 Å². The number of phosphoric ester groups is 2. The van der Waals surface area contributed by atoms with Crippen molar-refractivity contribution < 1.29 is 71.8 Å². The van der Waals surface area contributed by atoms with E-state index in [-0.39, 0.29) is 12.8 Å². The minimum absolute atomic E-state index is 0.00680. The molecule has 64 heavy (non-hydrogen) atoms. The highest BCUT2D eigenvalue weighted by atomic mass is 31.2. The second-order valence-electron chi connectivity index (χ2n) is 16.2. The highest BCUT2D eigenvalue weighted by Crippen LogP contribution is 2.43. The molecular weight excluding hydrogens is 866 g/mol. The van der Waals surface area contributed by atoms with Crippen molar-refractivity contribution >= 4 is 27.6 Å². The van der Waals surface area contributed by atoms with E-state index in [9.17, 15) is 38.9 Å². The van der Waals surface area contributed by atoms with E-state index in [0.717, 1.165) is 38.0 Å². The van der Waals surface area contributed by atoms with Gasteiger partial charge in [0.05, 0.1) is 32.0 Å². The molecule has 0 aromatic rings. The molecule has 0 aliphatic heterocycles. The van der Waals surface area contributed by atoms with Gasteiger partial charge in [-0.2, -0.15) is 0 Å². The first-order valence-corrected chi connectivity index (χ1v) is 26.2.